The van der Waals surface area contributed by atoms with Gasteiger partial charge in [-0.05, 0) is 12.5 Å². The highest BCUT2D eigenvalue weighted by atomic mass is 35.5. The van der Waals surface area contributed by atoms with Gasteiger partial charge in [0.1, 0.15) is 0 Å². The zero-order chi connectivity index (χ0) is 10.2. The van der Waals surface area contributed by atoms with Crippen molar-refractivity contribution in [2.24, 2.45) is 0 Å². The lowest BCUT2D eigenvalue weighted by molar-refractivity contribution is 1.34. The fourth-order valence-corrected chi connectivity index (χ4v) is 2.44. The minimum atomic E-state index is 0.218. The summed E-state index contributed by atoms with van der Waals surface area (Å²) in [5, 5.41) is 1.50. The van der Waals surface area contributed by atoms with Crippen molar-refractivity contribution in [2.45, 2.75) is 12.8 Å². The molecule has 0 aromatic heterocycles. The number of hydrogen-bond acceptors (Lipinski definition) is 0. The van der Waals surface area contributed by atoms with Gasteiger partial charge in [0.2, 0.25) is 0 Å². The molecule has 1 aromatic carbocycles. The lowest BCUT2D eigenvalue weighted by atomic mass is 10.1. The molecule has 0 fully saturated rings. The Balaban J connectivity index is 3.56. The highest BCUT2D eigenvalue weighted by molar-refractivity contribution is 6.50. The molecule has 0 saturated heterocycles. The molecule has 0 aliphatic carbocycles. The summed E-state index contributed by atoms with van der Waals surface area (Å²) in [6, 6.07) is 0. The summed E-state index contributed by atoms with van der Waals surface area (Å²) in [5.41, 5.74) is 1.32. The van der Waals surface area contributed by atoms with Crippen LogP contribution in [-0.4, -0.2) is 0 Å². The highest BCUT2D eigenvalue weighted by Gasteiger charge is 2.16. The van der Waals surface area contributed by atoms with Gasteiger partial charge >= 0.3 is 0 Å². The minimum Gasteiger partial charge on any atom is -0.121 e. The summed E-state index contributed by atoms with van der Waals surface area (Å²) in [6.07, 6.45) is 0. The SMILES string of the molecule is Cc1c(Cl)c(Cl)c(Cl)c(CCl)c1Cl. The van der Waals surface area contributed by atoms with Crippen LogP contribution in [0.15, 0.2) is 0 Å². The molecule has 1 rings (SSSR count). The number of rotatable bonds is 1. The summed E-state index contributed by atoms with van der Waals surface area (Å²) in [6.45, 7) is 1.77. The van der Waals surface area contributed by atoms with E-state index in [-0.39, 0.29) is 5.88 Å². The Morgan fingerprint density at radius 2 is 1.38 bits per heavy atom. The Kier molecular flexibility index (Phi) is 4.03. The predicted molar refractivity (Wildman–Crippen MR) is 60.8 cm³/mol. The van der Waals surface area contributed by atoms with Crippen molar-refractivity contribution in [3.63, 3.8) is 0 Å². The van der Waals surface area contributed by atoms with Crippen LogP contribution in [0.4, 0.5) is 0 Å². The third kappa shape index (κ3) is 2.03. The topological polar surface area (TPSA) is 0 Å². The smallest absolute Gasteiger partial charge is 0.0785 e. The third-order valence-electron chi connectivity index (χ3n) is 1.71. The summed E-state index contributed by atoms with van der Waals surface area (Å²) >= 11 is 29.2. The molecule has 5 heteroatoms. The molecule has 0 nitrogen and oxygen atoms in total. The molecule has 0 heterocycles. The van der Waals surface area contributed by atoms with E-state index in [2.05, 4.69) is 0 Å². The van der Waals surface area contributed by atoms with Crippen molar-refractivity contribution in [3.8, 4) is 0 Å². The van der Waals surface area contributed by atoms with Gasteiger partial charge < -0.3 is 0 Å². The maximum absolute atomic E-state index is 5.96. The molecule has 1 aromatic rings. The Morgan fingerprint density at radius 3 is 1.85 bits per heavy atom. The van der Waals surface area contributed by atoms with Crippen LogP contribution in [0.25, 0.3) is 0 Å². The van der Waals surface area contributed by atoms with Crippen LogP contribution in [0.1, 0.15) is 11.1 Å². The first-order chi connectivity index (χ1) is 6.00. The fourth-order valence-electron chi connectivity index (χ4n) is 0.930. The van der Waals surface area contributed by atoms with E-state index in [1.54, 1.807) is 6.92 Å². The van der Waals surface area contributed by atoms with E-state index in [0.29, 0.717) is 31.2 Å². The first-order valence-electron chi connectivity index (χ1n) is 3.38. The summed E-state index contributed by atoms with van der Waals surface area (Å²) < 4.78 is 0. The van der Waals surface area contributed by atoms with Crippen molar-refractivity contribution in [2.75, 3.05) is 0 Å². The largest absolute Gasteiger partial charge is 0.121 e. The molecule has 0 aliphatic rings. The van der Waals surface area contributed by atoms with Crippen molar-refractivity contribution in [3.05, 3.63) is 31.2 Å². The molecular weight excluding hydrogens is 273 g/mol. The van der Waals surface area contributed by atoms with E-state index in [4.69, 9.17) is 58.0 Å². The Bertz CT molecular complexity index is 316. The Hall–Kier alpha value is 0.670. The van der Waals surface area contributed by atoms with Crippen LogP contribution in [-0.2, 0) is 5.88 Å². The molecule has 0 aliphatic heterocycles. The van der Waals surface area contributed by atoms with E-state index >= 15 is 0 Å². The number of halogens is 5. The second-order valence-electron chi connectivity index (χ2n) is 2.49. The summed E-state index contributed by atoms with van der Waals surface area (Å²) in [4.78, 5) is 0. The number of alkyl halides is 1. The lowest BCUT2D eigenvalue weighted by Crippen LogP contribution is -1.90. The zero-order valence-electron chi connectivity index (χ0n) is 6.60. The summed E-state index contributed by atoms with van der Waals surface area (Å²) in [5.74, 6) is 0.218. The van der Waals surface area contributed by atoms with Gasteiger partial charge in [-0.1, -0.05) is 46.4 Å². The number of benzene rings is 1. The Labute approximate surface area is 102 Å². The van der Waals surface area contributed by atoms with Crippen molar-refractivity contribution in [1.82, 2.24) is 0 Å². The lowest BCUT2D eigenvalue weighted by Gasteiger charge is -2.10. The normalized spacial score (nSPS) is 10.6. The zero-order valence-corrected chi connectivity index (χ0v) is 10.4. The van der Waals surface area contributed by atoms with Gasteiger partial charge in [0.15, 0.2) is 0 Å². The number of hydrogen-bond donors (Lipinski definition) is 0. The van der Waals surface area contributed by atoms with Gasteiger partial charge in [0.05, 0.1) is 26.0 Å². The molecule has 0 N–H and O–H groups in total. The van der Waals surface area contributed by atoms with E-state index in [0.717, 1.165) is 0 Å². The maximum atomic E-state index is 5.96. The van der Waals surface area contributed by atoms with Crippen LogP contribution >= 0.6 is 58.0 Å². The molecule has 13 heavy (non-hydrogen) atoms. The molecule has 0 atom stereocenters. The predicted octanol–water partition coefficient (Wildman–Crippen LogP) is 5.35. The second kappa shape index (κ2) is 4.46. The first kappa shape index (κ1) is 11.7. The molecule has 0 spiro atoms. The van der Waals surface area contributed by atoms with Crippen LogP contribution in [0.5, 0.6) is 0 Å². The van der Waals surface area contributed by atoms with E-state index in [9.17, 15) is 0 Å². The monoisotopic (exact) mass is 276 g/mol. The van der Waals surface area contributed by atoms with Crippen molar-refractivity contribution >= 4 is 58.0 Å². The van der Waals surface area contributed by atoms with Gasteiger partial charge in [-0.3, -0.25) is 0 Å². The first-order valence-corrected chi connectivity index (χ1v) is 5.42. The van der Waals surface area contributed by atoms with Crippen molar-refractivity contribution < 1.29 is 0 Å². The molecule has 0 unspecified atom stereocenters. The van der Waals surface area contributed by atoms with Crippen LogP contribution in [0.2, 0.25) is 20.1 Å². The van der Waals surface area contributed by atoms with Gasteiger partial charge in [-0.2, -0.15) is 0 Å². The average Bonchev–Trinajstić information content (AvgIpc) is 2.13. The molecule has 0 saturated carbocycles. The van der Waals surface area contributed by atoms with Gasteiger partial charge in [0.25, 0.3) is 0 Å². The molecule has 0 radical (unpaired) electrons. The molecule has 0 amide bonds. The second-order valence-corrected chi connectivity index (χ2v) is 4.27. The third-order valence-corrected chi connectivity index (χ3v) is 3.95. The highest BCUT2D eigenvalue weighted by Crippen LogP contribution is 2.41. The summed E-state index contributed by atoms with van der Waals surface area (Å²) in [7, 11) is 0. The van der Waals surface area contributed by atoms with Gasteiger partial charge in [-0.15, -0.1) is 11.6 Å². The van der Waals surface area contributed by atoms with E-state index in [1.165, 1.54) is 0 Å². The van der Waals surface area contributed by atoms with Crippen LogP contribution in [0.3, 0.4) is 0 Å². The maximum Gasteiger partial charge on any atom is 0.0785 e. The van der Waals surface area contributed by atoms with Gasteiger partial charge in [-0.25, -0.2) is 0 Å². The average molecular weight is 278 g/mol. The van der Waals surface area contributed by atoms with E-state index < -0.39 is 0 Å². The van der Waals surface area contributed by atoms with E-state index in [1.807, 2.05) is 0 Å². The Morgan fingerprint density at radius 1 is 0.846 bits per heavy atom. The molecule has 72 valence electrons. The molecule has 0 bridgehead atoms. The van der Waals surface area contributed by atoms with Crippen LogP contribution in [0, 0.1) is 6.92 Å². The van der Waals surface area contributed by atoms with Crippen LogP contribution < -0.4 is 0 Å². The van der Waals surface area contributed by atoms with Gasteiger partial charge in [0, 0.05) is 5.56 Å². The van der Waals surface area contributed by atoms with Crippen molar-refractivity contribution in [1.29, 1.82) is 0 Å². The fraction of sp³-hybridized carbons (Fsp3) is 0.250. The quantitative estimate of drug-likeness (QED) is 0.369. The molecular formula is C8H5Cl5. The minimum absolute atomic E-state index is 0.218. The standard InChI is InChI=1S/C8H5Cl5/c1-3-5(10)4(2-9)7(12)8(13)6(3)11/h2H2,1H3.